The molecule has 1 aromatic carbocycles. The van der Waals surface area contributed by atoms with E-state index >= 15 is 0 Å². The minimum atomic E-state index is -0.336. The summed E-state index contributed by atoms with van der Waals surface area (Å²) < 4.78 is 4.63. The van der Waals surface area contributed by atoms with E-state index in [-0.39, 0.29) is 12.1 Å². The minimum Gasteiger partial charge on any atom is -0.363 e. The number of amides is 2. The summed E-state index contributed by atoms with van der Waals surface area (Å²) in [6, 6.07) is 7.55. The highest BCUT2D eigenvalue weighted by atomic mass is 16.5. The summed E-state index contributed by atoms with van der Waals surface area (Å²) in [6.07, 6.45) is 2.79. The summed E-state index contributed by atoms with van der Waals surface area (Å²) in [5, 5.41) is 12.0. The lowest BCUT2D eigenvalue weighted by Gasteiger charge is -2.12. The Morgan fingerprint density at radius 2 is 2.11 bits per heavy atom. The van der Waals surface area contributed by atoms with E-state index in [0.717, 1.165) is 11.3 Å². The molecule has 2 aromatic rings. The summed E-state index contributed by atoms with van der Waals surface area (Å²) in [5.74, 6) is 0. The molecule has 0 spiro atoms. The van der Waals surface area contributed by atoms with Crippen molar-refractivity contribution in [2.24, 2.45) is 0 Å². The first-order chi connectivity index (χ1) is 9.19. The molecule has 0 aliphatic rings. The van der Waals surface area contributed by atoms with Gasteiger partial charge in [0.1, 0.15) is 12.0 Å². The summed E-state index contributed by atoms with van der Waals surface area (Å²) >= 11 is 0. The van der Waals surface area contributed by atoms with E-state index in [9.17, 15) is 4.79 Å². The lowest BCUT2D eigenvalue weighted by Crippen LogP contribution is -2.19. The van der Waals surface area contributed by atoms with Gasteiger partial charge in [-0.05, 0) is 31.7 Å². The highest BCUT2D eigenvalue weighted by Crippen LogP contribution is 2.17. The predicted molar refractivity (Wildman–Crippen MR) is 73.1 cm³/mol. The molecule has 0 fully saturated rings. The average molecular weight is 260 g/mol. The summed E-state index contributed by atoms with van der Waals surface area (Å²) in [6.45, 7) is 2.05. The molecule has 0 saturated heterocycles. The first-order valence-corrected chi connectivity index (χ1v) is 5.93. The van der Waals surface area contributed by atoms with Crippen LogP contribution in [0.2, 0.25) is 0 Å². The molecule has 6 heteroatoms. The van der Waals surface area contributed by atoms with Crippen molar-refractivity contribution in [3.8, 4) is 0 Å². The fourth-order valence-corrected chi connectivity index (χ4v) is 1.61. The molecule has 0 aliphatic carbocycles. The number of rotatable bonds is 4. The quantitative estimate of drug-likeness (QED) is 0.789. The lowest BCUT2D eigenvalue weighted by molar-refractivity contribution is 0.262. The number of urea groups is 1. The second-order valence-electron chi connectivity index (χ2n) is 4.13. The Labute approximate surface area is 111 Å². The van der Waals surface area contributed by atoms with Crippen molar-refractivity contribution >= 4 is 17.4 Å². The van der Waals surface area contributed by atoms with Crippen LogP contribution in [0.1, 0.15) is 18.5 Å². The first kappa shape index (κ1) is 13.1. The van der Waals surface area contributed by atoms with Crippen molar-refractivity contribution in [3.63, 3.8) is 0 Å². The number of hydrogen-bond donors (Lipinski definition) is 3. The van der Waals surface area contributed by atoms with Crippen LogP contribution < -0.4 is 16.0 Å². The Kier molecular flexibility index (Phi) is 4.15. The van der Waals surface area contributed by atoms with Crippen LogP contribution in [0.15, 0.2) is 41.2 Å². The van der Waals surface area contributed by atoms with Crippen LogP contribution in [0.5, 0.6) is 0 Å². The van der Waals surface area contributed by atoms with Gasteiger partial charge in [-0.3, -0.25) is 0 Å². The van der Waals surface area contributed by atoms with Crippen molar-refractivity contribution in [2.45, 2.75) is 13.0 Å². The second-order valence-corrected chi connectivity index (χ2v) is 4.13. The minimum absolute atomic E-state index is 0.225. The van der Waals surface area contributed by atoms with E-state index in [1.54, 1.807) is 0 Å². The van der Waals surface area contributed by atoms with E-state index in [2.05, 4.69) is 32.6 Å². The maximum absolute atomic E-state index is 11.7. The van der Waals surface area contributed by atoms with Crippen molar-refractivity contribution in [3.05, 3.63) is 42.3 Å². The van der Waals surface area contributed by atoms with E-state index in [1.165, 1.54) is 12.5 Å². The number of carbonyl (C=O) groups excluding carboxylic acids is 1. The molecular formula is C13H16N4O2. The van der Waals surface area contributed by atoms with Crippen LogP contribution in [0.3, 0.4) is 0 Å². The van der Waals surface area contributed by atoms with E-state index in [1.807, 2.05) is 31.3 Å². The van der Waals surface area contributed by atoms with Gasteiger partial charge in [0.05, 0.1) is 6.20 Å². The zero-order valence-corrected chi connectivity index (χ0v) is 10.8. The Bertz CT molecular complexity index is 539. The first-order valence-electron chi connectivity index (χ1n) is 5.93. The highest BCUT2D eigenvalue weighted by molar-refractivity contribution is 5.99. The Hall–Kier alpha value is -2.34. The van der Waals surface area contributed by atoms with Gasteiger partial charge in [-0.2, -0.15) is 0 Å². The number of carbonyl (C=O) groups is 1. The van der Waals surface area contributed by atoms with Crippen molar-refractivity contribution in [1.82, 2.24) is 10.5 Å². The van der Waals surface area contributed by atoms with Gasteiger partial charge < -0.3 is 20.5 Å². The van der Waals surface area contributed by atoms with Crippen LogP contribution in [0, 0.1) is 0 Å². The Balaban J connectivity index is 2.00. The summed E-state index contributed by atoms with van der Waals surface area (Å²) in [5.41, 5.74) is 2.34. The number of nitrogens with one attached hydrogen (secondary N) is 3. The number of aromatic nitrogens is 1. The smallest absolute Gasteiger partial charge is 0.323 e. The average Bonchev–Trinajstić information content (AvgIpc) is 2.90. The van der Waals surface area contributed by atoms with Crippen LogP contribution >= 0.6 is 0 Å². The Morgan fingerprint density at radius 3 is 2.79 bits per heavy atom. The van der Waals surface area contributed by atoms with Crippen LogP contribution in [-0.4, -0.2) is 18.2 Å². The van der Waals surface area contributed by atoms with Gasteiger partial charge in [0.15, 0.2) is 0 Å². The van der Waals surface area contributed by atoms with Gasteiger partial charge in [0.25, 0.3) is 0 Å². The molecular weight excluding hydrogens is 244 g/mol. The molecule has 1 heterocycles. The second kappa shape index (κ2) is 6.01. The molecule has 3 N–H and O–H groups in total. The highest BCUT2D eigenvalue weighted by Gasteiger charge is 2.06. The third kappa shape index (κ3) is 3.56. The normalized spacial score (nSPS) is 11.9. The number of hydrogen-bond acceptors (Lipinski definition) is 4. The van der Waals surface area contributed by atoms with Gasteiger partial charge in [-0.1, -0.05) is 17.3 Å². The SMILES string of the molecule is CNC(C)c1cccc(NC(=O)Nc2cnoc2)c1. The molecule has 0 aliphatic heterocycles. The van der Waals surface area contributed by atoms with Gasteiger partial charge in [0, 0.05) is 11.7 Å². The van der Waals surface area contributed by atoms with Gasteiger partial charge in [-0.15, -0.1) is 0 Å². The van der Waals surface area contributed by atoms with Gasteiger partial charge in [-0.25, -0.2) is 4.79 Å². The zero-order valence-electron chi connectivity index (χ0n) is 10.8. The predicted octanol–water partition coefficient (Wildman–Crippen LogP) is 2.60. The molecule has 6 nitrogen and oxygen atoms in total. The molecule has 1 atom stereocenters. The van der Waals surface area contributed by atoms with Crippen molar-refractivity contribution < 1.29 is 9.32 Å². The molecule has 19 heavy (non-hydrogen) atoms. The van der Waals surface area contributed by atoms with E-state index in [0.29, 0.717) is 5.69 Å². The maximum Gasteiger partial charge on any atom is 0.323 e. The van der Waals surface area contributed by atoms with Gasteiger partial charge >= 0.3 is 6.03 Å². The largest absolute Gasteiger partial charge is 0.363 e. The molecule has 0 saturated carbocycles. The molecule has 2 rings (SSSR count). The lowest BCUT2D eigenvalue weighted by atomic mass is 10.1. The van der Waals surface area contributed by atoms with Crippen molar-refractivity contribution in [1.29, 1.82) is 0 Å². The topological polar surface area (TPSA) is 79.2 Å². The fraction of sp³-hybridized carbons (Fsp3) is 0.231. The molecule has 0 radical (unpaired) electrons. The molecule has 0 bridgehead atoms. The van der Waals surface area contributed by atoms with Crippen LogP contribution in [0.4, 0.5) is 16.2 Å². The Morgan fingerprint density at radius 1 is 1.32 bits per heavy atom. The van der Waals surface area contributed by atoms with Crippen molar-refractivity contribution in [2.75, 3.05) is 17.7 Å². The molecule has 1 unspecified atom stereocenters. The van der Waals surface area contributed by atoms with Crippen LogP contribution in [-0.2, 0) is 0 Å². The molecule has 100 valence electrons. The van der Waals surface area contributed by atoms with E-state index < -0.39 is 0 Å². The van der Waals surface area contributed by atoms with Gasteiger partial charge in [0.2, 0.25) is 0 Å². The molecule has 1 aromatic heterocycles. The molecule has 2 amide bonds. The third-order valence-corrected chi connectivity index (χ3v) is 2.77. The number of anilines is 2. The zero-order chi connectivity index (χ0) is 13.7. The fourth-order valence-electron chi connectivity index (χ4n) is 1.61. The maximum atomic E-state index is 11.7. The third-order valence-electron chi connectivity index (χ3n) is 2.77. The monoisotopic (exact) mass is 260 g/mol. The van der Waals surface area contributed by atoms with Crippen LogP contribution in [0.25, 0.3) is 0 Å². The number of nitrogens with zero attached hydrogens (tertiary/aromatic N) is 1. The van der Waals surface area contributed by atoms with E-state index in [4.69, 9.17) is 0 Å². The summed E-state index contributed by atoms with van der Waals surface area (Å²) in [4.78, 5) is 11.7. The number of benzene rings is 1. The summed E-state index contributed by atoms with van der Waals surface area (Å²) in [7, 11) is 1.89. The standard InChI is InChI=1S/C13H16N4O2/c1-9(14-2)10-4-3-5-11(6-10)16-13(18)17-12-7-15-19-8-12/h3-9,14H,1-2H3,(H2,16,17,18).